The molecule has 1 unspecified atom stereocenters. The van der Waals surface area contributed by atoms with Crippen molar-refractivity contribution in [3.05, 3.63) is 23.8 Å². The number of carbonyl (C=O) groups excluding carboxylic acids is 1. The van der Waals surface area contributed by atoms with Crippen LogP contribution in [0.3, 0.4) is 0 Å². The van der Waals surface area contributed by atoms with Crippen LogP contribution < -0.4 is 10.6 Å². The van der Waals surface area contributed by atoms with E-state index in [4.69, 9.17) is 5.73 Å². The molecule has 1 saturated heterocycles. The number of nitrogen functional groups attached to an aromatic ring is 1. The van der Waals surface area contributed by atoms with Crippen LogP contribution >= 0.6 is 0 Å². The van der Waals surface area contributed by atoms with Gasteiger partial charge in [0.2, 0.25) is 0 Å². The van der Waals surface area contributed by atoms with Gasteiger partial charge in [0, 0.05) is 38.8 Å². The smallest absolute Gasteiger partial charge is 0.254 e. The molecule has 5 heteroatoms. The van der Waals surface area contributed by atoms with E-state index in [1.165, 1.54) is 0 Å². The molecule has 1 heterocycles. The minimum absolute atomic E-state index is 0.0785. The van der Waals surface area contributed by atoms with E-state index in [1.807, 2.05) is 36.0 Å². The highest BCUT2D eigenvalue weighted by Gasteiger charge is 2.25. The van der Waals surface area contributed by atoms with Crippen molar-refractivity contribution in [2.24, 2.45) is 0 Å². The van der Waals surface area contributed by atoms with Gasteiger partial charge >= 0.3 is 0 Å². The molecular weight excluding hydrogens is 264 g/mol. The van der Waals surface area contributed by atoms with Crippen molar-refractivity contribution in [2.45, 2.75) is 19.4 Å². The first-order valence-corrected chi connectivity index (χ1v) is 7.46. The Hall–Kier alpha value is -1.75. The van der Waals surface area contributed by atoms with Gasteiger partial charge in [-0.2, -0.15) is 0 Å². The number of likely N-dealkylation sites (N-methyl/N-ethyl adjacent to an activating group) is 1. The third kappa shape index (κ3) is 3.47. The third-order valence-corrected chi connectivity index (χ3v) is 4.06. The average molecular weight is 290 g/mol. The number of amides is 1. The molecule has 0 radical (unpaired) electrons. The fraction of sp³-hybridized carbons (Fsp3) is 0.562. The van der Waals surface area contributed by atoms with Crippen LogP contribution in [0.5, 0.6) is 0 Å². The van der Waals surface area contributed by atoms with Crippen molar-refractivity contribution in [2.75, 3.05) is 51.4 Å². The number of nitrogens with two attached hydrogens (primary N) is 1. The van der Waals surface area contributed by atoms with Crippen LogP contribution in [0.4, 0.5) is 11.4 Å². The normalized spacial score (nSPS) is 20.2. The summed E-state index contributed by atoms with van der Waals surface area (Å²) in [4.78, 5) is 18.9. The summed E-state index contributed by atoms with van der Waals surface area (Å²) in [5, 5.41) is 0. The molecule has 1 aliphatic rings. The standard InChI is InChI=1S/C16H26N4O/c1-12-11-19(4)8-5-9-20(12)16(21)13-6-7-15(18(2)3)14(17)10-13/h6-7,10,12H,5,8-9,11,17H2,1-4H3. The average Bonchev–Trinajstić information content (AvgIpc) is 2.58. The molecule has 0 spiro atoms. The summed E-state index contributed by atoms with van der Waals surface area (Å²) < 4.78 is 0. The van der Waals surface area contributed by atoms with Crippen LogP contribution in [0.15, 0.2) is 18.2 Å². The van der Waals surface area contributed by atoms with E-state index in [0.29, 0.717) is 11.3 Å². The Kier molecular flexibility index (Phi) is 4.73. The lowest BCUT2D eigenvalue weighted by molar-refractivity contribution is 0.0696. The molecule has 2 rings (SSSR count). The minimum atomic E-state index is 0.0785. The molecule has 116 valence electrons. The number of carbonyl (C=O) groups is 1. The predicted octanol–water partition coefficient (Wildman–Crippen LogP) is 1.50. The van der Waals surface area contributed by atoms with Crippen molar-refractivity contribution in [3.8, 4) is 0 Å². The Morgan fingerprint density at radius 1 is 1.33 bits per heavy atom. The van der Waals surface area contributed by atoms with Gasteiger partial charge < -0.3 is 20.4 Å². The summed E-state index contributed by atoms with van der Waals surface area (Å²) in [7, 11) is 5.99. The van der Waals surface area contributed by atoms with Crippen LogP contribution in [0.1, 0.15) is 23.7 Å². The molecule has 0 saturated carbocycles. The molecule has 1 atom stereocenters. The lowest BCUT2D eigenvalue weighted by atomic mass is 10.1. The van der Waals surface area contributed by atoms with Crippen LogP contribution in [0, 0.1) is 0 Å². The number of hydrogen-bond donors (Lipinski definition) is 1. The molecule has 0 aliphatic carbocycles. The summed E-state index contributed by atoms with van der Waals surface area (Å²) in [6.45, 7) is 4.86. The second-order valence-corrected chi connectivity index (χ2v) is 6.13. The van der Waals surface area contributed by atoms with Gasteiger partial charge in [-0.25, -0.2) is 0 Å². The van der Waals surface area contributed by atoms with Gasteiger partial charge in [-0.3, -0.25) is 4.79 Å². The van der Waals surface area contributed by atoms with Crippen molar-refractivity contribution in [1.29, 1.82) is 0 Å². The van der Waals surface area contributed by atoms with Gasteiger partial charge in [0.1, 0.15) is 0 Å². The molecule has 5 nitrogen and oxygen atoms in total. The molecule has 1 aliphatic heterocycles. The van der Waals surface area contributed by atoms with Crippen molar-refractivity contribution >= 4 is 17.3 Å². The number of rotatable bonds is 2. The maximum atomic E-state index is 12.7. The zero-order valence-corrected chi connectivity index (χ0v) is 13.5. The van der Waals surface area contributed by atoms with Gasteiger partial charge in [-0.15, -0.1) is 0 Å². The lowest BCUT2D eigenvalue weighted by Crippen LogP contribution is -2.42. The van der Waals surface area contributed by atoms with Gasteiger partial charge in [0.25, 0.3) is 5.91 Å². The molecule has 0 bridgehead atoms. The molecule has 1 amide bonds. The SMILES string of the molecule is CC1CN(C)CCCN1C(=O)c1ccc(N(C)C)c(N)c1. The Labute approximate surface area is 127 Å². The number of anilines is 2. The van der Waals surface area contributed by atoms with Crippen molar-refractivity contribution in [1.82, 2.24) is 9.80 Å². The summed E-state index contributed by atoms with van der Waals surface area (Å²) in [5.74, 6) is 0.0785. The van der Waals surface area contributed by atoms with E-state index in [0.717, 1.165) is 31.7 Å². The Morgan fingerprint density at radius 3 is 2.67 bits per heavy atom. The fourth-order valence-corrected chi connectivity index (χ4v) is 2.93. The number of nitrogens with zero attached hydrogens (tertiary/aromatic N) is 3. The highest BCUT2D eigenvalue weighted by molar-refractivity contribution is 5.96. The minimum Gasteiger partial charge on any atom is -0.397 e. The van der Waals surface area contributed by atoms with E-state index < -0.39 is 0 Å². The van der Waals surface area contributed by atoms with Crippen LogP contribution in [0.25, 0.3) is 0 Å². The molecule has 21 heavy (non-hydrogen) atoms. The first kappa shape index (κ1) is 15.6. The highest BCUT2D eigenvalue weighted by atomic mass is 16.2. The second-order valence-electron chi connectivity index (χ2n) is 6.13. The zero-order chi connectivity index (χ0) is 15.6. The van der Waals surface area contributed by atoms with Crippen LogP contribution in [-0.4, -0.2) is 62.5 Å². The molecule has 1 aromatic rings. The highest BCUT2D eigenvalue weighted by Crippen LogP contribution is 2.24. The van der Waals surface area contributed by atoms with E-state index in [1.54, 1.807) is 6.07 Å². The van der Waals surface area contributed by atoms with E-state index >= 15 is 0 Å². The van der Waals surface area contributed by atoms with E-state index in [9.17, 15) is 4.79 Å². The first-order chi connectivity index (χ1) is 9.90. The summed E-state index contributed by atoms with van der Waals surface area (Å²) >= 11 is 0. The maximum Gasteiger partial charge on any atom is 0.254 e. The van der Waals surface area contributed by atoms with Gasteiger partial charge in [-0.1, -0.05) is 0 Å². The van der Waals surface area contributed by atoms with E-state index in [-0.39, 0.29) is 11.9 Å². The maximum absolute atomic E-state index is 12.7. The lowest BCUT2D eigenvalue weighted by Gasteiger charge is -2.28. The fourth-order valence-electron chi connectivity index (χ4n) is 2.93. The summed E-state index contributed by atoms with van der Waals surface area (Å²) in [6.07, 6.45) is 1.01. The Morgan fingerprint density at radius 2 is 2.05 bits per heavy atom. The third-order valence-electron chi connectivity index (χ3n) is 4.06. The zero-order valence-electron chi connectivity index (χ0n) is 13.5. The van der Waals surface area contributed by atoms with E-state index in [2.05, 4.69) is 18.9 Å². The number of hydrogen-bond acceptors (Lipinski definition) is 4. The van der Waals surface area contributed by atoms with Crippen LogP contribution in [0.2, 0.25) is 0 Å². The largest absolute Gasteiger partial charge is 0.397 e. The Balaban J connectivity index is 2.21. The van der Waals surface area contributed by atoms with Crippen LogP contribution in [-0.2, 0) is 0 Å². The molecule has 1 fully saturated rings. The Bertz CT molecular complexity index is 515. The summed E-state index contributed by atoms with van der Waals surface area (Å²) in [6, 6.07) is 5.80. The molecule has 1 aromatic carbocycles. The van der Waals surface area contributed by atoms with Gasteiger partial charge in [-0.05, 0) is 45.1 Å². The molecule has 0 aromatic heterocycles. The van der Waals surface area contributed by atoms with Crippen molar-refractivity contribution in [3.63, 3.8) is 0 Å². The topological polar surface area (TPSA) is 52.8 Å². The second kappa shape index (κ2) is 6.35. The summed E-state index contributed by atoms with van der Waals surface area (Å²) in [5.41, 5.74) is 8.32. The van der Waals surface area contributed by atoms with Crippen molar-refractivity contribution < 1.29 is 4.79 Å². The predicted molar refractivity (Wildman–Crippen MR) is 87.8 cm³/mol. The molecular formula is C16H26N4O. The quantitative estimate of drug-likeness (QED) is 0.839. The number of benzene rings is 1. The monoisotopic (exact) mass is 290 g/mol. The van der Waals surface area contributed by atoms with Gasteiger partial charge in [0.05, 0.1) is 11.4 Å². The molecule has 2 N–H and O–H groups in total. The van der Waals surface area contributed by atoms with Gasteiger partial charge in [0.15, 0.2) is 0 Å². The first-order valence-electron chi connectivity index (χ1n) is 7.46.